The smallest absolute Gasteiger partial charge is 0.192 e. The Balaban J connectivity index is 4.11. The normalized spacial score (nSPS) is 17.6. The monoisotopic (exact) mass is 232 g/mol. The number of aliphatic hydroxyl groups is 1. The van der Waals surface area contributed by atoms with Crippen LogP contribution in [0.4, 0.5) is 0 Å². The first-order chi connectivity index (χ1) is 6.56. The van der Waals surface area contributed by atoms with Crippen molar-refractivity contribution in [2.45, 2.75) is 77.8 Å². The van der Waals surface area contributed by atoms with Gasteiger partial charge < -0.3 is 9.53 Å². The molecule has 0 aliphatic rings. The Morgan fingerprint density at radius 2 is 1.60 bits per heavy atom. The van der Waals surface area contributed by atoms with Gasteiger partial charge in [0.25, 0.3) is 0 Å². The van der Waals surface area contributed by atoms with Crippen molar-refractivity contribution in [1.29, 1.82) is 0 Å². The molecule has 0 aromatic rings. The molecule has 0 saturated carbocycles. The van der Waals surface area contributed by atoms with Crippen LogP contribution in [0.5, 0.6) is 0 Å². The Bertz CT molecular complexity index is 183. The molecule has 1 N–H and O–H groups in total. The molecular weight excluding hydrogens is 204 g/mol. The van der Waals surface area contributed by atoms with E-state index in [9.17, 15) is 5.11 Å². The first-order valence-electron chi connectivity index (χ1n) is 5.92. The Labute approximate surface area is 96.2 Å². The first kappa shape index (κ1) is 15.1. The summed E-state index contributed by atoms with van der Waals surface area (Å²) in [5.41, 5.74) is 0. The molecule has 0 amide bonds. The lowest BCUT2D eigenvalue weighted by atomic mass is 10.1. The minimum Gasteiger partial charge on any atom is -0.414 e. The molecule has 0 heterocycles. The summed E-state index contributed by atoms with van der Waals surface area (Å²) in [5, 5.41) is 9.49. The fourth-order valence-electron chi connectivity index (χ4n) is 1.21. The van der Waals surface area contributed by atoms with Crippen molar-refractivity contribution in [1.82, 2.24) is 0 Å². The lowest BCUT2D eigenvalue weighted by molar-refractivity contribution is 0.137. The summed E-state index contributed by atoms with van der Waals surface area (Å²) in [7, 11) is -1.62. The molecule has 0 saturated heterocycles. The fraction of sp³-hybridized carbons (Fsp3) is 1.00. The highest BCUT2D eigenvalue weighted by Gasteiger charge is 2.38. The second kappa shape index (κ2) is 5.46. The predicted octanol–water partition coefficient (Wildman–Crippen LogP) is 3.56. The maximum atomic E-state index is 9.22. The SMILES string of the molecule is CC(O)CCC(C)O[Si](C)(C)C(C)(C)C. The van der Waals surface area contributed by atoms with Crippen LogP contribution in [0.1, 0.15) is 47.5 Å². The number of rotatable bonds is 5. The van der Waals surface area contributed by atoms with E-state index in [1.807, 2.05) is 6.92 Å². The largest absolute Gasteiger partial charge is 0.414 e. The van der Waals surface area contributed by atoms with Crippen LogP contribution >= 0.6 is 0 Å². The van der Waals surface area contributed by atoms with Gasteiger partial charge in [0.1, 0.15) is 0 Å². The minimum atomic E-state index is -1.62. The van der Waals surface area contributed by atoms with Gasteiger partial charge in [-0.1, -0.05) is 20.8 Å². The highest BCUT2D eigenvalue weighted by Crippen LogP contribution is 2.37. The van der Waals surface area contributed by atoms with Gasteiger partial charge in [0.2, 0.25) is 0 Å². The van der Waals surface area contributed by atoms with Gasteiger partial charge in [-0.3, -0.25) is 0 Å². The van der Waals surface area contributed by atoms with E-state index in [0.29, 0.717) is 0 Å². The van der Waals surface area contributed by atoms with Gasteiger partial charge >= 0.3 is 0 Å². The van der Waals surface area contributed by atoms with Crippen LogP contribution in [-0.2, 0) is 4.43 Å². The summed E-state index contributed by atoms with van der Waals surface area (Å²) in [5.74, 6) is 0. The minimum absolute atomic E-state index is 0.213. The second-order valence-corrected chi connectivity index (χ2v) is 10.9. The van der Waals surface area contributed by atoms with E-state index in [-0.39, 0.29) is 17.2 Å². The van der Waals surface area contributed by atoms with Gasteiger partial charge in [0.05, 0.1) is 6.10 Å². The van der Waals surface area contributed by atoms with E-state index in [1.165, 1.54) is 0 Å². The summed E-state index contributed by atoms with van der Waals surface area (Å²) >= 11 is 0. The molecule has 0 radical (unpaired) electrons. The maximum absolute atomic E-state index is 9.22. The Kier molecular flexibility index (Phi) is 5.51. The molecule has 0 fully saturated rings. The van der Waals surface area contributed by atoms with Gasteiger partial charge in [0, 0.05) is 6.10 Å². The van der Waals surface area contributed by atoms with Gasteiger partial charge in [-0.25, -0.2) is 0 Å². The molecule has 0 aromatic carbocycles. The van der Waals surface area contributed by atoms with Gasteiger partial charge in [-0.15, -0.1) is 0 Å². The molecule has 2 atom stereocenters. The van der Waals surface area contributed by atoms with E-state index in [2.05, 4.69) is 40.8 Å². The molecule has 0 bridgehead atoms. The average Bonchev–Trinajstić information content (AvgIpc) is 1.97. The van der Waals surface area contributed by atoms with Crippen molar-refractivity contribution in [2.24, 2.45) is 0 Å². The van der Waals surface area contributed by atoms with Crippen LogP contribution in [0, 0.1) is 0 Å². The van der Waals surface area contributed by atoms with Crippen molar-refractivity contribution in [2.75, 3.05) is 0 Å². The van der Waals surface area contributed by atoms with E-state index in [0.717, 1.165) is 12.8 Å². The maximum Gasteiger partial charge on any atom is 0.192 e. The summed E-state index contributed by atoms with van der Waals surface area (Å²) in [6, 6.07) is 0. The van der Waals surface area contributed by atoms with Crippen LogP contribution in [-0.4, -0.2) is 25.6 Å². The summed E-state index contributed by atoms with van der Waals surface area (Å²) < 4.78 is 6.18. The van der Waals surface area contributed by atoms with Crippen LogP contribution in [0.25, 0.3) is 0 Å². The standard InChI is InChI=1S/C12H28O2Si/c1-10(13)8-9-11(2)14-15(6,7)12(3,4)5/h10-11,13H,8-9H2,1-7H3. The van der Waals surface area contributed by atoms with Crippen molar-refractivity contribution < 1.29 is 9.53 Å². The predicted molar refractivity (Wildman–Crippen MR) is 68.7 cm³/mol. The zero-order valence-electron chi connectivity index (χ0n) is 11.4. The van der Waals surface area contributed by atoms with E-state index in [1.54, 1.807) is 0 Å². The number of hydrogen-bond acceptors (Lipinski definition) is 2. The molecule has 0 aromatic heterocycles. The summed E-state index contributed by atoms with van der Waals surface area (Å²) in [6.07, 6.45) is 1.83. The fourth-order valence-corrected chi connectivity index (χ4v) is 2.69. The molecule has 92 valence electrons. The Morgan fingerprint density at radius 3 is 1.93 bits per heavy atom. The highest BCUT2D eigenvalue weighted by atomic mass is 28.4. The molecule has 0 spiro atoms. The lowest BCUT2D eigenvalue weighted by Gasteiger charge is -2.38. The number of hydrogen-bond donors (Lipinski definition) is 1. The zero-order valence-corrected chi connectivity index (χ0v) is 12.4. The zero-order chi connectivity index (χ0) is 12.3. The van der Waals surface area contributed by atoms with Crippen molar-refractivity contribution in [3.8, 4) is 0 Å². The van der Waals surface area contributed by atoms with E-state index < -0.39 is 8.32 Å². The van der Waals surface area contributed by atoms with Crippen molar-refractivity contribution in [3.63, 3.8) is 0 Å². The Hall–Kier alpha value is 0.137. The topological polar surface area (TPSA) is 29.5 Å². The van der Waals surface area contributed by atoms with Gasteiger partial charge in [-0.05, 0) is 44.8 Å². The second-order valence-electron chi connectivity index (χ2n) is 6.12. The van der Waals surface area contributed by atoms with Crippen LogP contribution in [0.2, 0.25) is 18.1 Å². The van der Waals surface area contributed by atoms with Crippen molar-refractivity contribution in [3.05, 3.63) is 0 Å². The molecular formula is C12H28O2Si. The van der Waals surface area contributed by atoms with Gasteiger partial charge in [0.15, 0.2) is 8.32 Å². The van der Waals surface area contributed by atoms with Crippen LogP contribution in [0.15, 0.2) is 0 Å². The molecule has 15 heavy (non-hydrogen) atoms. The van der Waals surface area contributed by atoms with Crippen LogP contribution < -0.4 is 0 Å². The molecule has 0 aliphatic heterocycles. The van der Waals surface area contributed by atoms with E-state index >= 15 is 0 Å². The third-order valence-electron chi connectivity index (χ3n) is 3.29. The van der Waals surface area contributed by atoms with Crippen molar-refractivity contribution >= 4 is 8.32 Å². The highest BCUT2D eigenvalue weighted by molar-refractivity contribution is 6.74. The lowest BCUT2D eigenvalue weighted by Crippen LogP contribution is -2.43. The summed E-state index contributed by atoms with van der Waals surface area (Å²) in [6.45, 7) is 15.2. The quantitative estimate of drug-likeness (QED) is 0.735. The molecule has 2 unspecified atom stereocenters. The Morgan fingerprint density at radius 1 is 1.13 bits per heavy atom. The summed E-state index contributed by atoms with van der Waals surface area (Å²) in [4.78, 5) is 0. The third kappa shape index (κ3) is 5.69. The van der Waals surface area contributed by atoms with Crippen LogP contribution in [0.3, 0.4) is 0 Å². The molecule has 0 aliphatic carbocycles. The third-order valence-corrected chi connectivity index (χ3v) is 7.90. The number of aliphatic hydroxyl groups excluding tert-OH is 1. The molecule has 3 heteroatoms. The molecule has 0 rings (SSSR count). The van der Waals surface area contributed by atoms with E-state index in [4.69, 9.17) is 4.43 Å². The first-order valence-corrected chi connectivity index (χ1v) is 8.83. The van der Waals surface area contributed by atoms with Gasteiger partial charge in [-0.2, -0.15) is 0 Å². The average molecular weight is 232 g/mol. The molecule has 2 nitrogen and oxygen atoms in total.